The third-order valence-electron chi connectivity index (χ3n) is 3.17. The molecule has 0 amide bonds. The van der Waals surface area contributed by atoms with Crippen LogP contribution in [0.3, 0.4) is 0 Å². The first-order valence-corrected chi connectivity index (χ1v) is 5.27. The minimum absolute atomic E-state index is 0.0285. The standard InChI is InChI=1S/C11H13N3O4/c1-5-7(15)6-8(12(2)9(5)16)13(3)11(18)14(4)10(6)17/h15H,1-4H3. The molecule has 0 bridgehead atoms. The van der Waals surface area contributed by atoms with Gasteiger partial charge in [0.25, 0.3) is 11.1 Å². The van der Waals surface area contributed by atoms with Crippen molar-refractivity contribution in [2.24, 2.45) is 21.1 Å². The quantitative estimate of drug-likeness (QED) is 0.647. The van der Waals surface area contributed by atoms with E-state index in [1.165, 1.54) is 32.6 Å². The Morgan fingerprint density at radius 2 is 1.44 bits per heavy atom. The van der Waals surface area contributed by atoms with Gasteiger partial charge in [0.15, 0.2) is 0 Å². The number of hydrogen-bond acceptors (Lipinski definition) is 4. The van der Waals surface area contributed by atoms with Crippen LogP contribution in [0.5, 0.6) is 5.75 Å². The number of nitrogens with zero attached hydrogens (tertiary/aromatic N) is 3. The molecule has 0 fully saturated rings. The van der Waals surface area contributed by atoms with Gasteiger partial charge < -0.3 is 5.11 Å². The second-order valence-electron chi connectivity index (χ2n) is 4.24. The van der Waals surface area contributed by atoms with Crippen LogP contribution in [0, 0.1) is 6.92 Å². The molecule has 0 radical (unpaired) electrons. The van der Waals surface area contributed by atoms with Crippen molar-refractivity contribution in [3.8, 4) is 5.75 Å². The summed E-state index contributed by atoms with van der Waals surface area (Å²) < 4.78 is 3.25. The van der Waals surface area contributed by atoms with E-state index in [0.717, 1.165) is 9.13 Å². The monoisotopic (exact) mass is 251 g/mol. The van der Waals surface area contributed by atoms with Crippen LogP contribution in [0.4, 0.5) is 0 Å². The second-order valence-corrected chi connectivity index (χ2v) is 4.24. The fourth-order valence-corrected chi connectivity index (χ4v) is 2.07. The average Bonchev–Trinajstić information content (AvgIpc) is 2.35. The summed E-state index contributed by atoms with van der Waals surface area (Å²) >= 11 is 0. The Morgan fingerprint density at radius 3 is 2.00 bits per heavy atom. The lowest BCUT2D eigenvalue weighted by molar-refractivity contribution is 0.472. The van der Waals surface area contributed by atoms with E-state index in [2.05, 4.69) is 0 Å². The van der Waals surface area contributed by atoms with E-state index in [-0.39, 0.29) is 22.3 Å². The molecule has 2 heterocycles. The number of aromatic nitrogens is 3. The number of fused-ring (bicyclic) bond motifs is 1. The molecule has 7 heteroatoms. The first kappa shape index (κ1) is 12.2. The Balaban J connectivity index is 3.39. The molecule has 7 nitrogen and oxygen atoms in total. The van der Waals surface area contributed by atoms with Gasteiger partial charge in [-0.25, -0.2) is 4.79 Å². The first-order valence-electron chi connectivity index (χ1n) is 5.27. The normalized spacial score (nSPS) is 11.1. The maximum absolute atomic E-state index is 12.0. The second kappa shape index (κ2) is 3.59. The van der Waals surface area contributed by atoms with Crippen molar-refractivity contribution in [2.75, 3.05) is 0 Å². The zero-order valence-electron chi connectivity index (χ0n) is 10.5. The Labute approximate surface area is 101 Å². The Bertz CT molecular complexity index is 830. The van der Waals surface area contributed by atoms with Crippen molar-refractivity contribution in [2.45, 2.75) is 6.92 Å². The molecule has 0 saturated heterocycles. The highest BCUT2D eigenvalue weighted by atomic mass is 16.3. The van der Waals surface area contributed by atoms with Gasteiger partial charge in [-0.05, 0) is 6.92 Å². The molecule has 1 N–H and O–H groups in total. The minimum atomic E-state index is -0.621. The van der Waals surface area contributed by atoms with Crippen LogP contribution in [0.15, 0.2) is 14.4 Å². The van der Waals surface area contributed by atoms with E-state index < -0.39 is 16.8 Å². The molecule has 0 aliphatic rings. The average molecular weight is 251 g/mol. The lowest BCUT2D eigenvalue weighted by atomic mass is 10.2. The molecule has 2 aromatic heterocycles. The van der Waals surface area contributed by atoms with Crippen molar-refractivity contribution < 1.29 is 5.11 Å². The van der Waals surface area contributed by atoms with E-state index in [1.807, 2.05) is 0 Å². The highest BCUT2D eigenvalue weighted by molar-refractivity contribution is 5.82. The number of aryl methyl sites for hydroxylation is 2. The summed E-state index contributed by atoms with van der Waals surface area (Å²) in [5.41, 5.74) is -1.42. The zero-order valence-corrected chi connectivity index (χ0v) is 10.5. The topological polar surface area (TPSA) is 86.2 Å². The van der Waals surface area contributed by atoms with Crippen molar-refractivity contribution >= 4 is 11.0 Å². The SMILES string of the molecule is Cc1c(O)c2c(=O)n(C)c(=O)n(C)c2n(C)c1=O. The molecule has 2 rings (SSSR count). The third kappa shape index (κ3) is 1.27. The lowest BCUT2D eigenvalue weighted by Gasteiger charge is -2.13. The van der Waals surface area contributed by atoms with Crippen LogP contribution >= 0.6 is 0 Å². The molecular formula is C11H13N3O4. The maximum Gasteiger partial charge on any atom is 0.332 e. The molecule has 0 unspecified atom stereocenters. The highest BCUT2D eigenvalue weighted by Gasteiger charge is 2.18. The molecule has 0 saturated carbocycles. The van der Waals surface area contributed by atoms with E-state index in [4.69, 9.17) is 0 Å². The summed E-state index contributed by atoms with van der Waals surface area (Å²) in [6, 6.07) is 0. The van der Waals surface area contributed by atoms with Gasteiger partial charge in [0.05, 0.1) is 5.56 Å². The number of pyridine rings is 1. The molecule has 0 spiro atoms. The zero-order chi connectivity index (χ0) is 13.8. The predicted octanol–water partition coefficient (Wildman–Crippen LogP) is -1.05. The van der Waals surface area contributed by atoms with Crippen LogP contribution in [0.1, 0.15) is 5.56 Å². The van der Waals surface area contributed by atoms with Gasteiger partial charge in [0, 0.05) is 21.1 Å². The molecule has 2 aromatic rings. The maximum atomic E-state index is 12.0. The first-order chi connectivity index (χ1) is 8.29. The van der Waals surface area contributed by atoms with Gasteiger partial charge in [-0.3, -0.25) is 23.3 Å². The van der Waals surface area contributed by atoms with Crippen LogP contribution in [0.25, 0.3) is 11.0 Å². The van der Waals surface area contributed by atoms with Gasteiger partial charge in [-0.15, -0.1) is 0 Å². The summed E-state index contributed by atoms with van der Waals surface area (Å²) in [5.74, 6) is -0.371. The summed E-state index contributed by atoms with van der Waals surface area (Å²) in [4.78, 5) is 35.6. The van der Waals surface area contributed by atoms with Crippen LogP contribution in [0.2, 0.25) is 0 Å². The fourth-order valence-electron chi connectivity index (χ4n) is 2.07. The molecule has 0 aliphatic heterocycles. The largest absolute Gasteiger partial charge is 0.506 e. The van der Waals surface area contributed by atoms with Crippen molar-refractivity contribution in [1.29, 1.82) is 0 Å². The Kier molecular flexibility index (Phi) is 2.42. The third-order valence-corrected chi connectivity index (χ3v) is 3.17. The van der Waals surface area contributed by atoms with E-state index >= 15 is 0 Å². The van der Waals surface area contributed by atoms with Gasteiger partial charge in [-0.1, -0.05) is 0 Å². The number of hydrogen-bond donors (Lipinski definition) is 1. The molecule has 0 aliphatic carbocycles. The molecular weight excluding hydrogens is 238 g/mol. The van der Waals surface area contributed by atoms with E-state index in [9.17, 15) is 19.5 Å². The minimum Gasteiger partial charge on any atom is -0.506 e. The van der Waals surface area contributed by atoms with Crippen molar-refractivity contribution in [1.82, 2.24) is 13.7 Å². The van der Waals surface area contributed by atoms with Crippen molar-refractivity contribution in [3.63, 3.8) is 0 Å². The van der Waals surface area contributed by atoms with E-state index in [0.29, 0.717) is 0 Å². The molecule has 96 valence electrons. The summed E-state index contributed by atoms with van der Waals surface area (Å²) in [6.45, 7) is 1.43. The van der Waals surface area contributed by atoms with Crippen LogP contribution in [-0.2, 0) is 21.1 Å². The number of aromatic hydroxyl groups is 1. The van der Waals surface area contributed by atoms with Gasteiger partial charge in [0.2, 0.25) is 0 Å². The van der Waals surface area contributed by atoms with Gasteiger partial charge >= 0.3 is 5.69 Å². The van der Waals surface area contributed by atoms with Crippen LogP contribution < -0.4 is 16.8 Å². The van der Waals surface area contributed by atoms with E-state index in [1.54, 1.807) is 0 Å². The Hall–Kier alpha value is -2.31. The summed E-state index contributed by atoms with van der Waals surface area (Å²) in [6.07, 6.45) is 0. The van der Waals surface area contributed by atoms with Crippen LogP contribution in [-0.4, -0.2) is 18.8 Å². The smallest absolute Gasteiger partial charge is 0.332 e. The molecule has 0 atom stereocenters. The number of rotatable bonds is 0. The van der Waals surface area contributed by atoms with Gasteiger partial charge in [-0.2, -0.15) is 0 Å². The lowest BCUT2D eigenvalue weighted by Crippen LogP contribution is -2.39. The summed E-state index contributed by atoms with van der Waals surface area (Å²) in [7, 11) is 4.22. The Morgan fingerprint density at radius 1 is 0.889 bits per heavy atom. The molecule has 18 heavy (non-hydrogen) atoms. The highest BCUT2D eigenvalue weighted by Crippen LogP contribution is 2.20. The van der Waals surface area contributed by atoms with Gasteiger partial charge in [0.1, 0.15) is 16.8 Å². The fraction of sp³-hybridized carbons (Fsp3) is 0.364. The molecule has 0 aromatic carbocycles. The predicted molar refractivity (Wildman–Crippen MR) is 66.1 cm³/mol. The van der Waals surface area contributed by atoms with Crippen molar-refractivity contribution in [3.05, 3.63) is 36.8 Å². The summed E-state index contributed by atoms with van der Waals surface area (Å²) in [5, 5.41) is 9.91.